The van der Waals surface area contributed by atoms with Crippen LogP contribution >= 0.6 is 0 Å². The number of aryl methyl sites for hydroxylation is 1. The van der Waals surface area contributed by atoms with Gasteiger partial charge in [0, 0.05) is 24.7 Å². The van der Waals surface area contributed by atoms with Crippen LogP contribution in [0.3, 0.4) is 0 Å². The molecule has 0 unspecified atom stereocenters. The number of carbonyl (C=O) groups is 1. The van der Waals surface area contributed by atoms with Gasteiger partial charge in [-0.15, -0.1) is 0 Å². The molecule has 0 aromatic heterocycles. The summed E-state index contributed by atoms with van der Waals surface area (Å²) in [7, 11) is 1.64. The number of ether oxygens (including phenoxy) is 1. The largest absolute Gasteiger partial charge is 0.496 e. The third kappa shape index (κ3) is 4.18. The van der Waals surface area contributed by atoms with Crippen LogP contribution in [-0.4, -0.2) is 31.0 Å². The molecule has 1 amide bonds. The molecule has 128 valence electrons. The lowest BCUT2D eigenvalue weighted by atomic mass is 9.99. The highest BCUT2D eigenvalue weighted by Gasteiger charge is 2.16. The molecular formula is C22H23NO2. The molecule has 0 N–H and O–H groups in total. The predicted molar refractivity (Wildman–Crippen MR) is 102 cm³/mol. The van der Waals surface area contributed by atoms with E-state index in [-0.39, 0.29) is 5.91 Å². The molecular weight excluding hydrogens is 310 g/mol. The van der Waals surface area contributed by atoms with Crippen molar-refractivity contribution >= 4 is 17.6 Å². The van der Waals surface area contributed by atoms with E-state index < -0.39 is 0 Å². The first-order valence-electron chi connectivity index (χ1n) is 8.53. The van der Waals surface area contributed by atoms with Gasteiger partial charge in [-0.3, -0.25) is 4.79 Å². The second-order valence-corrected chi connectivity index (χ2v) is 6.21. The fourth-order valence-corrected chi connectivity index (χ4v) is 3.03. The number of rotatable bonds is 4. The van der Waals surface area contributed by atoms with Gasteiger partial charge in [0.25, 0.3) is 0 Å². The Bertz CT molecular complexity index is 806. The summed E-state index contributed by atoms with van der Waals surface area (Å²) >= 11 is 0. The summed E-state index contributed by atoms with van der Waals surface area (Å²) in [5, 5.41) is 0. The molecule has 0 saturated carbocycles. The molecule has 0 aliphatic carbocycles. The molecule has 0 saturated heterocycles. The summed E-state index contributed by atoms with van der Waals surface area (Å²) in [5.74, 6) is 0.812. The maximum atomic E-state index is 12.5. The predicted octanol–water partition coefficient (Wildman–Crippen LogP) is 4.33. The Morgan fingerprint density at radius 1 is 1.16 bits per heavy atom. The zero-order chi connectivity index (χ0) is 17.6. The Morgan fingerprint density at radius 2 is 1.96 bits per heavy atom. The van der Waals surface area contributed by atoms with Crippen molar-refractivity contribution in [1.29, 1.82) is 0 Å². The monoisotopic (exact) mass is 333 g/mol. The van der Waals surface area contributed by atoms with E-state index in [4.69, 9.17) is 4.74 Å². The lowest BCUT2D eigenvalue weighted by Crippen LogP contribution is -2.33. The first kappa shape index (κ1) is 17.0. The fourth-order valence-electron chi connectivity index (χ4n) is 3.03. The van der Waals surface area contributed by atoms with Gasteiger partial charge in [0.15, 0.2) is 0 Å². The van der Waals surface area contributed by atoms with Crippen molar-refractivity contribution < 1.29 is 9.53 Å². The van der Waals surface area contributed by atoms with Crippen LogP contribution in [0.2, 0.25) is 0 Å². The van der Waals surface area contributed by atoms with Crippen LogP contribution in [0.1, 0.15) is 23.1 Å². The SMILES string of the molecule is COc1ccc(C)cc1C=CC(=O)N1CC=C(c2ccccc2)CC1. The third-order valence-corrected chi connectivity index (χ3v) is 4.46. The molecule has 3 rings (SSSR count). The van der Waals surface area contributed by atoms with Crippen molar-refractivity contribution in [3.8, 4) is 5.75 Å². The van der Waals surface area contributed by atoms with E-state index in [9.17, 15) is 4.79 Å². The van der Waals surface area contributed by atoms with Crippen molar-refractivity contribution in [1.82, 2.24) is 4.90 Å². The summed E-state index contributed by atoms with van der Waals surface area (Å²) in [6, 6.07) is 16.3. The standard InChI is InChI=1S/C22H23NO2/c1-17-8-10-21(25-2)20(16-17)9-11-22(24)23-14-12-19(13-15-23)18-6-4-3-5-7-18/h3-12,16H,13-15H2,1-2H3. The number of carbonyl (C=O) groups excluding carboxylic acids is 1. The summed E-state index contributed by atoms with van der Waals surface area (Å²) in [4.78, 5) is 14.3. The topological polar surface area (TPSA) is 29.5 Å². The molecule has 0 fully saturated rings. The second-order valence-electron chi connectivity index (χ2n) is 6.21. The van der Waals surface area contributed by atoms with E-state index in [1.807, 2.05) is 54.3 Å². The minimum absolute atomic E-state index is 0.0342. The number of amides is 1. The number of hydrogen-bond acceptors (Lipinski definition) is 2. The van der Waals surface area contributed by atoms with Crippen molar-refractivity contribution in [2.24, 2.45) is 0 Å². The maximum Gasteiger partial charge on any atom is 0.246 e. The van der Waals surface area contributed by atoms with Gasteiger partial charge in [-0.25, -0.2) is 0 Å². The Morgan fingerprint density at radius 3 is 2.64 bits per heavy atom. The fraction of sp³-hybridized carbons (Fsp3) is 0.227. The van der Waals surface area contributed by atoms with Gasteiger partial charge in [-0.2, -0.15) is 0 Å². The van der Waals surface area contributed by atoms with E-state index in [0.717, 1.165) is 29.8 Å². The van der Waals surface area contributed by atoms with Gasteiger partial charge in [0.1, 0.15) is 5.75 Å². The highest BCUT2D eigenvalue weighted by atomic mass is 16.5. The van der Waals surface area contributed by atoms with Crippen LogP contribution in [0.4, 0.5) is 0 Å². The van der Waals surface area contributed by atoms with Gasteiger partial charge in [-0.1, -0.05) is 48.0 Å². The highest BCUT2D eigenvalue weighted by Crippen LogP contribution is 2.23. The molecule has 25 heavy (non-hydrogen) atoms. The first-order chi connectivity index (χ1) is 12.2. The summed E-state index contributed by atoms with van der Waals surface area (Å²) < 4.78 is 5.36. The lowest BCUT2D eigenvalue weighted by Gasteiger charge is -2.25. The molecule has 2 aromatic carbocycles. The number of methoxy groups -OCH3 is 1. The van der Waals surface area contributed by atoms with Gasteiger partial charge >= 0.3 is 0 Å². The number of nitrogens with zero attached hydrogens (tertiary/aromatic N) is 1. The minimum atomic E-state index is 0.0342. The first-order valence-corrected chi connectivity index (χ1v) is 8.53. The highest BCUT2D eigenvalue weighted by molar-refractivity contribution is 5.92. The average Bonchev–Trinajstić information content (AvgIpc) is 2.67. The van der Waals surface area contributed by atoms with Gasteiger partial charge < -0.3 is 9.64 Å². The normalized spacial score (nSPS) is 14.5. The molecule has 0 spiro atoms. The molecule has 0 radical (unpaired) electrons. The second kappa shape index (κ2) is 7.84. The average molecular weight is 333 g/mol. The van der Waals surface area contributed by atoms with Crippen LogP contribution in [0.25, 0.3) is 11.6 Å². The smallest absolute Gasteiger partial charge is 0.246 e. The minimum Gasteiger partial charge on any atom is -0.496 e. The molecule has 2 aromatic rings. The van der Waals surface area contributed by atoms with E-state index >= 15 is 0 Å². The van der Waals surface area contributed by atoms with Crippen LogP contribution in [0, 0.1) is 6.92 Å². The lowest BCUT2D eigenvalue weighted by molar-refractivity contribution is -0.125. The molecule has 0 atom stereocenters. The molecule has 1 aliphatic rings. The molecule has 0 bridgehead atoms. The van der Waals surface area contributed by atoms with Crippen molar-refractivity contribution in [2.45, 2.75) is 13.3 Å². The Hall–Kier alpha value is -2.81. The van der Waals surface area contributed by atoms with Crippen LogP contribution in [0.5, 0.6) is 5.75 Å². The van der Waals surface area contributed by atoms with Crippen molar-refractivity contribution in [3.05, 3.63) is 77.4 Å². The Balaban J connectivity index is 1.67. The van der Waals surface area contributed by atoms with Crippen LogP contribution in [0.15, 0.2) is 60.7 Å². The van der Waals surface area contributed by atoms with Crippen LogP contribution < -0.4 is 4.74 Å². The zero-order valence-electron chi connectivity index (χ0n) is 14.7. The maximum absolute atomic E-state index is 12.5. The quantitative estimate of drug-likeness (QED) is 0.779. The Labute approximate surface area is 149 Å². The molecule has 3 heteroatoms. The molecule has 1 aliphatic heterocycles. The number of benzene rings is 2. The van der Waals surface area contributed by atoms with E-state index in [2.05, 4.69) is 18.2 Å². The van der Waals surface area contributed by atoms with E-state index in [1.165, 1.54) is 11.1 Å². The van der Waals surface area contributed by atoms with E-state index in [0.29, 0.717) is 6.54 Å². The molecule has 3 nitrogen and oxygen atoms in total. The van der Waals surface area contributed by atoms with Gasteiger partial charge in [0.05, 0.1) is 7.11 Å². The molecule has 1 heterocycles. The zero-order valence-corrected chi connectivity index (χ0v) is 14.7. The summed E-state index contributed by atoms with van der Waals surface area (Å²) in [6.07, 6.45) is 6.51. The van der Waals surface area contributed by atoms with Gasteiger partial charge in [0.2, 0.25) is 5.91 Å². The summed E-state index contributed by atoms with van der Waals surface area (Å²) in [5.41, 5.74) is 4.62. The van der Waals surface area contributed by atoms with Crippen LogP contribution in [-0.2, 0) is 4.79 Å². The van der Waals surface area contributed by atoms with Gasteiger partial charge in [-0.05, 0) is 42.7 Å². The van der Waals surface area contributed by atoms with E-state index in [1.54, 1.807) is 13.2 Å². The Kier molecular flexibility index (Phi) is 5.34. The third-order valence-electron chi connectivity index (χ3n) is 4.46. The summed E-state index contributed by atoms with van der Waals surface area (Å²) in [6.45, 7) is 3.42. The number of hydrogen-bond donors (Lipinski definition) is 0. The van der Waals surface area contributed by atoms with Crippen molar-refractivity contribution in [2.75, 3.05) is 20.2 Å². The van der Waals surface area contributed by atoms with Crippen molar-refractivity contribution in [3.63, 3.8) is 0 Å².